The Bertz CT molecular complexity index is 316. The van der Waals surface area contributed by atoms with Crippen LogP contribution in [0.4, 0.5) is 8.78 Å². The number of halogens is 3. The van der Waals surface area contributed by atoms with Gasteiger partial charge >= 0.3 is 0 Å². The van der Waals surface area contributed by atoms with Crippen molar-refractivity contribution in [3.63, 3.8) is 0 Å². The molecule has 1 atom stereocenters. The number of pyridine rings is 1. The van der Waals surface area contributed by atoms with Crippen LogP contribution < -0.4 is 0 Å². The highest BCUT2D eigenvalue weighted by molar-refractivity contribution is 9.10. The lowest BCUT2D eigenvalue weighted by atomic mass is 9.97. The maximum atomic E-state index is 12.9. The third kappa shape index (κ3) is 8.53. The van der Waals surface area contributed by atoms with E-state index < -0.39 is 11.8 Å². The van der Waals surface area contributed by atoms with E-state index in [1.807, 2.05) is 13.8 Å². The van der Waals surface area contributed by atoms with Gasteiger partial charge in [0.2, 0.25) is 0 Å². The van der Waals surface area contributed by atoms with Crippen molar-refractivity contribution in [2.45, 2.75) is 39.5 Å². The first-order valence-electron chi connectivity index (χ1n) is 5.71. The minimum absolute atomic E-state index is 0.543. The number of methoxy groups -OCH3 is 1. The zero-order valence-corrected chi connectivity index (χ0v) is 13.4. The molecule has 0 amide bonds. The monoisotopic (exact) mass is 325 g/mol. The molecule has 0 saturated heterocycles. The van der Waals surface area contributed by atoms with Gasteiger partial charge in [0.15, 0.2) is 0 Å². The van der Waals surface area contributed by atoms with Gasteiger partial charge in [-0.25, -0.2) is 8.78 Å². The molecule has 5 heteroatoms. The van der Waals surface area contributed by atoms with Crippen LogP contribution in [0.15, 0.2) is 22.9 Å². The van der Waals surface area contributed by atoms with Gasteiger partial charge in [-0.2, -0.15) is 0 Å². The second-order valence-corrected chi connectivity index (χ2v) is 4.44. The lowest BCUT2D eigenvalue weighted by Gasteiger charge is -2.19. The molecule has 1 heterocycles. The molecule has 1 aromatic rings. The van der Waals surface area contributed by atoms with Gasteiger partial charge in [-0.05, 0) is 34.5 Å². The number of hydrogen-bond donors (Lipinski definition) is 0. The second kappa shape index (κ2) is 10.4. The summed E-state index contributed by atoms with van der Waals surface area (Å²) < 4.78 is 30.8. The Balaban J connectivity index is 0. The second-order valence-electron chi connectivity index (χ2n) is 3.52. The molecule has 18 heavy (non-hydrogen) atoms. The lowest BCUT2D eigenvalue weighted by Crippen LogP contribution is -2.19. The standard InChI is InChI=1S/C9H10BrF2N.C2H6O.C2H6/c1-6(9(2,11)12)7-3-8(10)5-13-4-7;1-3-2;1-2/h3-6H,1-2H3;1-2H3;1-2H3. The first-order valence-corrected chi connectivity index (χ1v) is 6.50. The van der Waals surface area contributed by atoms with E-state index in [1.54, 1.807) is 26.5 Å². The van der Waals surface area contributed by atoms with Crippen molar-refractivity contribution >= 4 is 15.9 Å². The van der Waals surface area contributed by atoms with Gasteiger partial charge in [0.25, 0.3) is 5.92 Å². The Morgan fingerprint density at radius 1 is 1.28 bits per heavy atom. The third-order valence-electron chi connectivity index (χ3n) is 1.99. The number of ether oxygens (including phenoxy) is 1. The van der Waals surface area contributed by atoms with Gasteiger partial charge in [-0.3, -0.25) is 4.98 Å². The Hall–Kier alpha value is -0.550. The number of aromatic nitrogens is 1. The third-order valence-corrected chi connectivity index (χ3v) is 2.42. The van der Waals surface area contributed by atoms with Gasteiger partial charge in [-0.15, -0.1) is 0 Å². The summed E-state index contributed by atoms with van der Waals surface area (Å²) >= 11 is 3.19. The van der Waals surface area contributed by atoms with Gasteiger partial charge in [0.1, 0.15) is 0 Å². The van der Waals surface area contributed by atoms with E-state index in [0.29, 0.717) is 5.56 Å². The van der Waals surface area contributed by atoms with Crippen LogP contribution in [-0.4, -0.2) is 25.1 Å². The molecule has 0 bridgehead atoms. The molecule has 0 radical (unpaired) electrons. The molecule has 0 fully saturated rings. The quantitative estimate of drug-likeness (QED) is 0.772. The van der Waals surface area contributed by atoms with Crippen molar-refractivity contribution in [2.24, 2.45) is 0 Å². The smallest absolute Gasteiger partial charge is 0.251 e. The summed E-state index contributed by atoms with van der Waals surface area (Å²) in [4.78, 5) is 3.84. The van der Waals surface area contributed by atoms with E-state index in [4.69, 9.17) is 0 Å². The SMILES string of the molecule is CC.CC(c1cncc(Br)c1)C(C)(F)F.COC. The summed E-state index contributed by atoms with van der Waals surface area (Å²) in [5.74, 6) is -3.51. The number of nitrogens with zero attached hydrogens (tertiary/aromatic N) is 1. The minimum Gasteiger partial charge on any atom is -0.388 e. The largest absolute Gasteiger partial charge is 0.388 e. The zero-order valence-electron chi connectivity index (χ0n) is 11.8. The van der Waals surface area contributed by atoms with Crippen LogP contribution in [0.25, 0.3) is 0 Å². The molecule has 0 aliphatic carbocycles. The minimum atomic E-state index is -2.71. The highest BCUT2D eigenvalue weighted by atomic mass is 79.9. The highest BCUT2D eigenvalue weighted by Gasteiger charge is 2.31. The molecule has 1 unspecified atom stereocenters. The summed E-state index contributed by atoms with van der Waals surface area (Å²) in [6, 6.07) is 1.66. The molecule has 1 aromatic heterocycles. The molecule has 1 rings (SSSR count). The van der Waals surface area contributed by atoms with Crippen molar-refractivity contribution in [3.8, 4) is 0 Å². The summed E-state index contributed by atoms with van der Waals surface area (Å²) in [5.41, 5.74) is 0.543. The maximum Gasteiger partial charge on any atom is 0.251 e. The predicted octanol–water partition coefficient (Wildman–Crippen LogP) is 4.89. The average molecular weight is 326 g/mol. The van der Waals surface area contributed by atoms with Crippen LogP contribution in [-0.2, 0) is 4.74 Å². The summed E-state index contributed by atoms with van der Waals surface area (Å²) in [5, 5.41) is 0. The zero-order chi connectivity index (χ0) is 14.8. The van der Waals surface area contributed by atoms with Crippen LogP contribution in [0.2, 0.25) is 0 Å². The van der Waals surface area contributed by atoms with Crippen LogP contribution in [0.3, 0.4) is 0 Å². The summed E-state index contributed by atoms with van der Waals surface area (Å²) in [6.45, 7) is 6.40. The van der Waals surface area contributed by atoms with E-state index in [9.17, 15) is 8.78 Å². The summed E-state index contributed by atoms with van der Waals surface area (Å²) in [7, 11) is 3.25. The van der Waals surface area contributed by atoms with E-state index in [2.05, 4.69) is 25.7 Å². The topological polar surface area (TPSA) is 22.1 Å². The molecule has 0 aliphatic heterocycles. The fourth-order valence-corrected chi connectivity index (χ4v) is 1.34. The van der Waals surface area contributed by atoms with Crippen molar-refractivity contribution in [2.75, 3.05) is 14.2 Å². The number of hydrogen-bond acceptors (Lipinski definition) is 2. The lowest BCUT2D eigenvalue weighted by molar-refractivity contribution is -0.00233. The molecule has 0 aromatic carbocycles. The first kappa shape index (κ1) is 19.8. The molecule has 0 saturated carbocycles. The first-order chi connectivity index (χ1) is 8.32. The average Bonchev–Trinajstić information content (AvgIpc) is 2.30. The van der Waals surface area contributed by atoms with Crippen LogP contribution in [0, 0.1) is 0 Å². The molecule has 2 nitrogen and oxygen atoms in total. The molecule has 106 valence electrons. The van der Waals surface area contributed by atoms with Crippen LogP contribution >= 0.6 is 15.9 Å². The Labute approximate surface area is 117 Å². The number of alkyl halides is 2. The van der Waals surface area contributed by atoms with Crippen LogP contribution in [0.5, 0.6) is 0 Å². The van der Waals surface area contributed by atoms with E-state index in [0.717, 1.165) is 11.4 Å². The van der Waals surface area contributed by atoms with E-state index in [1.165, 1.54) is 13.1 Å². The van der Waals surface area contributed by atoms with Crippen molar-refractivity contribution < 1.29 is 13.5 Å². The van der Waals surface area contributed by atoms with Gasteiger partial charge in [-0.1, -0.05) is 20.8 Å². The van der Waals surface area contributed by atoms with Gasteiger partial charge in [0, 0.05) is 37.0 Å². The van der Waals surface area contributed by atoms with Gasteiger partial charge < -0.3 is 4.74 Å². The molecular weight excluding hydrogens is 304 g/mol. The van der Waals surface area contributed by atoms with E-state index in [-0.39, 0.29) is 0 Å². The fourth-order valence-electron chi connectivity index (χ4n) is 0.958. The van der Waals surface area contributed by atoms with Crippen molar-refractivity contribution in [1.29, 1.82) is 0 Å². The molecular formula is C13H22BrF2NO. The summed E-state index contributed by atoms with van der Waals surface area (Å²) in [6.07, 6.45) is 3.04. The highest BCUT2D eigenvalue weighted by Crippen LogP contribution is 2.32. The molecule has 0 aliphatic rings. The molecule has 0 N–H and O–H groups in total. The predicted molar refractivity (Wildman–Crippen MR) is 75.3 cm³/mol. The molecule has 0 spiro atoms. The Kier molecular flexibility index (Phi) is 11.4. The van der Waals surface area contributed by atoms with Crippen LogP contribution in [0.1, 0.15) is 39.2 Å². The van der Waals surface area contributed by atoms with Crippen molar-refractivity contribution in [3.05, 3.63) is 28.5 Å². The Morgan fingerprint density at radius 2 is 1.72 bits per heavy atom. The fraction of sp³-hybridized carbons (Fsp3) is 0.615. The van der Waals surface area contributed by atoms with Gasteiger partial charge in [0.05, 0.1) is 0 Å². The number of rotatable bonds is 2. The van der Waals surface area contributed by atoms with Crippen molar-refractivity contribution in [1.82, 2.24) is 4.98 Å². The Morgan fingerprint density at radius 3 is 2.06 bits per heavy atom. The maximum absolute atomic E-state index is 12.9. The normalized spacial score (nSPS) is 11.6. The van der Waals surface area contributed by atoms with E-state index >= 15 is 0 Å².